The Morgan fingerprint density at radius 1 is 1.25 bits per heavy atom. The summed E-state index contributed by atoms with van der Waals surface area (Å²) in [5.41, 5.74) is 0. The molecule has 1 aliphatic rings. The molecule has 0 aromatic heterocycles. The molecular weight excluding hydrogens is 120 g/mol. The molecule has 0 radical (unpaired) electrons. The van der Waals surface area contributed by atoms with Crippen LogP contribution in [0.25, 0.3) is 0 Å². The quantitative estimate of drug-likeness (QED) is 0.441. The van der Waals surface area contributed by atoms with Crippen molar-refractivity contribution in [1.29, 1.82) is 0 Å². The summed E-state index contributed by atoms with van der Waals surface area (Å²) in [6.45, 7) is 3.91. The van der Waals surface area contributed by atoms with E-state index in [4.69, 9.17) is 0 Å². The van der Waals surface area contributed by atoms with E-state index >= 15 is 0 Å². The maximum atomic E-state index is 3.87. The van der Waals surface area contributed by atoms with Crippen molar-refractivity contribution in [3.05, 3.63) is 0 Å². The minimum absolute atomic E-state index is 0.0123. The van der Waals surface area contributed by atoms with Crippen LogP contribution in [0.2, 0.25) is 0 Å². The van der Waals surface area contributed by atoms with Crippen LogP contribution in [0.4, 0.5) is 0 Å². The zero-order valence-corrected chi connectivity index (χ0v) is 5.83. The predicted octanol–water partition coefficient (Wildman–Crippen LogP) is 1.45. The van der Waals surface area contributed by atoms with E-state index < -0.39 is 0 Å². The van der Waals surface area contributed by atoms with Gasteiger partial charge in [0.25, 0.3) is 0 Å². The van der Waals surface area contributed by atoms with Crippen LogP contribution in [0.3, 0.4) is 0 Å². The van der Waals surface area contributed by atoms with Crippen molar-refractivity contribution >= 4 is 26.4 Å². The van der Waals surface area contributed by atoms with Gasteiger partial charge in [-0.1, -0.05) is 16.4 Å². The number of hydrogen-bond donors (Lipinski definition) is 0. The molecule has 0 aliphatic carbocycles. The van der Waals surface area contributed by atoms with Gasteiger partial charge < -0.3 is 0 Å². The van der Waals surface area contributed by atoms with Gasteiger partial charge in [0.15, 0.2) is 0 Å². The van der Waals surface area contributed by atoms with Gasteiger partial charge in [0.1, 0.15) is 0 Å². The van der Waals surface area contributed by atoms with Gasteiger partial charge in [0, 0.05) is 0 Å². The van der Waals surface area contributed by atoms with Crippen LogP contribution in [0.5, 0.6) is 0 Å². The predicted molar refractivity (Wildman–Crippen MR) is 40.9 cm³/mol. The van der Waals surface area contributed by atoms with Crippen molar-refractivity contribution in [1.82, 2.24) is 0 Å². The van der Waals surface area contributed by atoms with Crippen molar-refractivity contribution in [2.24, 2.45) is 10.2 Å². The van der Waals surface area contributed by atoms with Crippen LogP contribution in [0.1, 0.15) is 13.8 Å². The van der Waals surface area contributed by atoms with Crippen LogP contribution in [0.15, 0.2) is 10.2 Å². The van der Waals surface area contributed by atoms with Gasteiger partial charge in [0.2, 0.25) is 0 Å². The van der Waals surface area contributed by atoms with Crippen molar-refractivity contribution < 1.29 is 0 Å². The van der Waals surface area contributed by atoms with Crippen molar-refractivity contribution in [3.63, 3.8) is 0 Å². The first-order chi connectivity index (χ1) is 3.72. The summed E-state index contributed by atoms with van der Waals surface area (Å²) in [5, 5.41) is 9.79. The lowest BCUT2D eigenvalue weighted by atomic mass is 10.9. The molecule has 0 saturated carbocycles. The second-order valence-corrected chi connectivity index (χ2v) is 3.59. The third kappa shape index (κ3) is 0.733. The van der Waals surface area contributed by atoms with Gasteiger partial charge in [-0.25, -0.2) is 0 Å². The van der Waals surface area contributed by atoms with Crippen molar-refractivity contribution in [2.75, 3.05) is 0 Å². The van der Waals surface area contributed by atoms with Gasteiger partial charge in [-0.3, -0.25) is 0 Å². The largest absolute Gasteiger partial charge is 0.148 e. The highest BCUT2D eigenvalue weighted by molar-refractivity contribution is 8.38. The maximum Gasteiger partial charge on any atom is 0.0924 e. The van der Waals surface area contributed by atoms with E-state index in [1.807, 2.05) is 13.8 Å². The molecule has 0 fully saturated rings. The first-order valence-corrected chi connectivity index (χ1v) is 3.74. The van der Waals surface area contributed by atoms with Crippen LogP contribution >= 0.6 is 10.5 Å². The zero-order valence-electron chi connectivity index (χ0n) is 5.01. The fourth-order valence-corrected chi connectivity index (χ4v) is 1.16. The molecule has 0 amide bonds. The van der Waals surface area contributed by atoms with Crippen LogP contribution in [0, 0.1) is 0 Å². The Labute approximate surface area is 51.2 Å². The van der Waals surface area contributed by atoms with E-state index in [1.165, 1.54) is 0 Å². The van der Waals surface area contributed by atoms with E-state index in [0.29, 0.717) is 0 Å². The lowest BCUT2D eigenvalue weighted by molar-refractivity contribution is 1.26. The van der Waals surface area contributed by atoms with Gasteiger partial charge in [-0.2, -0.15) is 0 Å². The molecule has 1 rings (SSSR count). The van der Waals surface area contributed by atoms with E-state index in [1.54, 1.807) is 0 Å². The SMILES string of the molecule is C=S1C(C)=NN=C1C. The first kappa shape index (κ1) is 5.69. The lowest BCUT2D eigenvalue weighted by Gasteiger charge is -1.91. The molecule has 2 nitrogen and oxygen atoms in total. The zero-order chi connectivity index (χ0) is 6.15. The normalized spacial score (nSPS) is 20.8. The number of nitrogens with zero attached hydrogens (tertiary/aromatic N) is 2. The van der Waals surface area contributed by atoms with Gasteiger partial charge >= 0.3 is 0 Å². The maximum absolute atomic E-state index is 3.87. The summed E-state index contributed by atoms with van der Waals surface area (Å²) in [4.78, 5) is 0. The Morgan fingerprint density at radius 3 is 1.75 bits per heavy atom. The summed E-state index contributed by atoms with van der Waals surface area (Å²) < 4.78 is 0. The fraction of sp³-hybridized carbons (Fsp3) is 0.400. The molecule has 0 N–H and O–H groups in total. The fourth-order valence-electron chi connectivity index (χ4n) is 0.453. The molecule has 0 atom stereocenters. The summed E-state index contributed by atoms with van der Waals surface area (Å²) in [7, 11) is -0.0123. The molecule has 3 heteroatoms. The van der Waals surface area contributed by atoms with Crippen LogP contribution in [-0.2, 0) is 0 Å². The average Bonchev–Trinajstić information content (AvgIpc) is 1.98. The summed E-state index contributed by atoms with van der Waals surface area (Å²) in [6.07, 6.45) is 0. The molecule has 0 aromatic rings. The highest BCUT2D eigenvalue weighted by atomic mass is 32.2. The van der Waals surface area contributed by atoms with Gasteiger partial charge in [-0.05, 0) is 13.8 Å². The summed E-state index contributed by atoms with van der Waals surface area (Å²) in [5.74, 6) is 3.87. The monoisotopic (exact) mass is 128 g/mol. The molecular formula is C5H8N2S. The molecule has 0 aromatic carbocycles. The number of hydrogen-bond acceptors (Lipinski definition) is 2. The van der Waals surface area contributed by atoms with E-state index in [-0.39, 0.29) is 10.5 Å². The Bertz CT molecular complexity index is 171. The molecule has 1 aliphatic heterocycles. The van der Waals surface area contributed by atoms with E-state index in [0.717, 1.165) is 10.1 Å². The third-order valence-corrected chi connectivity index (χ3v) is 2.63. The Kier molecular flexibility index (Phi) is 1.29. The average molecular weight is 128 g/mol. The smallest absolute Gasteiger partial charge is 0.0924 e. The Hall–Kier alpha value is -0.440. The minimum atomic E-state index is -0.0123. The molecule has 0 unspecified atom stereocenters. The molecule has 44 valence electrons. The topological polar surface area (TPSA) is 24.7 Å². The highest BCUT2D eigenvalue weighted by Gasteiger charge is 2.05. The van der Waals surface area contributed by atoms with E-state index in [9.17, 15) is 0 Å². The third-order valence-electron chi connectivity index (χ3n) is 1.04. The summed E-state index contributed by atoms with van der Waals surface area (Å²) >= 11 is 0. The van der Waals surface area contributed by atoms with Crippen molar-refractivity contribution in [3.8, 4) is 0 Å². The Morgan fingerprint density at radius 2 is 1.62 bits per heavy atom. The lowest BCUT2D eigenvalue weighted by Crippen LogP contribution is -1.86. The molecule has 8 heavy (non-hydrogen) atoms. The van der Waals surface area contributed by atoms with Gasteiger partial charge in [0.05, 0.1) is 10.1 Å². The molecule has 0 saturated heterocycles. The first-order valence-electron chi connectivity index (χ1n) is 2.34. The van der Waals surface area contributed by atoms with E-state index in [2.05, 4.69) is 16.1 Å². The Balaban J connectivity index is 2.92. The van der Waals surface area contributed by atoms with Crippen LogP contribution in [-0.4, -0.2) is 16.0 Å². The standard InChI is InChI=1S/C5H8N2S/c1-4-6-7-5(2)8(4)3/h3H2,1-2H3. The second kappa shape index (κ2) is 1.82. The van der Waals surface area contributed by atoms with Crippen molar-refractivity contribution in [2.45, 2.75) is 13.8 Å². The molecule has 0 spiro atoms. The minimum Gasteiger partial charge on any atom is -0.148 e. The van der Waals surface area contributed by atoms with Crippen LogP contribution < -0.4 is 0 Å². The molecule has 0 bridgehead atoms. The highest BCUT2D eigenvalue weighted by Crippen LogP contribution is 2.20. The summed E-state index contributed by atoms with van der Waals surface area (Å²) in [6, 6.07) is 0. The number of rotatable bonds is 0. The van der Waals surface area contributed by atoms with Gasteiger partial charge in [-0.15, -0.1) is 10.2 Å². The molecule has 1 heterocycles. The second-order valence-electron chi connectivity index (χ2n) is 1.63.